The topological polar surface area (TPSA) is 103 Å². The van der Waals surface area contributed by atoms with Crippen LogP contribution in [0.1, 0.15) is 29.8 Å². The molecule has 1 aromatic heterocycles. The van der Waals surface area contributed by atoms with Crippen molar-refractivity contribution in [2.75, 3.05) is 23.2 Å². The summed E-state index contributed by atoms with van der Waals surface area (Å²) in [6, 6.07) is 2.90. The number of aromatic carboxylic acids is 1. The van der Waals surface area contributed by atoms with Gasteiger partial charge >= 0.3 is 5.97 Å². The summed E-state index contributed by atoms with van der Waals surface area (Å²) in [4.78, 5) is 15.0. The summed E-state index contributed by atoms with van der Waals surface area (Å²) < 4.78 is 27.2. The molecule has 0 amide bonds. The largest absolute Gasteiger partial charge is 0.477 e. The molecule has 7 nitrogen and oxygen atoms in total. The summed E-state index contributed by atoms with van der Waals surface area (Å²) >= 11 is 0. The molecule has 1 aliphatic heterocycles. The lowest BCUT2D eigenvalue weighted by Crippen LogP contribution is -2.23. The number of nitrogens with zero attached hydrogens (tertiary/aromatic N) is 2. The first-order valence-electron chi connectivity index (χ1n) is 6.88. The maximum Gasteiger partial charge on any atom is 0.354 e. The quantitative estimate of drug-likeness (QED) is 0.767. The van der Waals surface area contributed by atoms with Crippen molar-refractivity contribution in [2.24, 2.45) is 5.92 Å². The average Bonchev–Trinajstić information content (AvgIpc) is 3.19. The highest BCUT2D eigenvalue weighted by Gasteiger charge is 2.32. The van der Waals surface area contributed by atoms with E-state index in [9.17, 15) is 13.9 Å². The Morgan fingerprint density at radius 2 is 2.19 bits per heavy atom. The number of ether oxygens (including phenoxy) is 1. The SMILES string of the molecule is O=C(O)c1ccc(N2CCCS2(O)O)c(OCC2CC2)n1. The van der Waals surface area contributed by atoms with Crippen molar-refractivity contribution in [1.29, 1.82) is 0 Å². The Morgan fingerprint density at radius 3 is 2.76 bits per heavy atom. The predicted molar refractivity (Wildman–Crippen MR) is 79.1 cm³/mol. The first-order chi connectivity index (χ1) is 9.97. The molecule has 0 bridgehead atoms. The third kappa shape index (κ3) is 3.07. The van der Waals surface area contributed by atoms with E-state index < -0.39 is 16.7 Å². The highest BCUT2D eigenvalue weighted by molar-refractivity contribution is 8.25. The molecule has 1 saturated carbocycles. The number of aromatic nitrogens is 1. The van der Waals surface area contributed by atoms with Crippen molar-refractivity contribution < 1.29 is 23.7 Å². The molecule has 1 saturated heterocycles. The van der Waals surface area contributed by atoms with Crippen molar-refractivity contribution in [3.63, 3.8) is 0 Å². The number of hydrogen-bond acceptors (Lipinski definition) is 6. The van der Waals surface area contributed by atoms with E-state index in [1.165, 1.54) is 16.4 Å². The molecule has 2 fully saturated rings. The van der Waals surface area contributed by atoms with Crippen molar-refractivity contribution in [3.8, 4) is 5.88 Å². The van der Waals surface area contributed by atoms with Gasteiger partial charge in [0.1, 0.15) is 5.69 Å². The van der Waals surface area contributed by atoms with E-state index in [1.54, 1.807) is 0 Å². The second kappa shape index (κ2) is 5.36. The molecule has 3 rings (SSSR count). The zero-order valence-corrected chi connectivity index (χ0v) is 12.3. The van der Waals surface area contributed by atoms with Gasteiger partial charge in [0.2, 0.25) is 5.88 Å². The Bertz CT molecular complexity index is 561. The van der Waals surface area contributed by atoms with Crippen LogP contribution >= 0.6 is 10.8 Å². The van der Waals surface area contributed by atoms with Gasteiger partial charge in [-0.3, -0.25) is 13.4 Å². The van der Waals surface area contributed by atoms with Gasteiger partial charge in [-0.2, -0.15) is 0 Å². The molecule has 1 aliphatic carbocycles. The summed E-state index contributed by atoms with van der Waals surface area (Å²) in [5.74, 6) is -0.156. The first-order valence-corrected chi connectivity index (χ1v) is 8.55. The van der Waals surface area contributed by atoms with E-state index in [-0.39, 0.29) is 11.6 Å². The van der Waals surface area contributed by atoms with Crippen LogP contribution in [0, 0.1) is 5.92 Å². The molecule has 3 N–H and O–H groups in total. The molecule has 1 aromatic rings. The predicted octanol–water partition coefficient (Wildman–Crippen LogP) is 2.44. The Balaban J connectivity index is 1.91. The van der Waals surface area contributed by atoms with E-state index in [0.29, 0.717) is 36.9 Å². The number of anilines is 1. The van der Waals surface area contributed by atoms with E-state index >= 15 is 0 Å². The van der Waals surface area contributed by atoms with Crippen LogP contribution in [0.2, 0.25) is 0 Å². The fourth-order valence-electron chi connectivity index (χ4n) is 2.27. The van der Waals surface area contributed by atoms with Crippen LogP contribution in [-0.4, -0.2) is 44.1 Å². The molecular formula is C13H18N2O5S. The molecule has 0 spiro atoms. The molecular weight excluding hydrogens is 296 g/mol. The van der Waals surface area contributed by atoms with Crippen LogP contribution in [0.4, 0.5) is 5.69 Å². The van der Waals surface area contributed by atoms with Gasteiger partial charge in [-0.15, -0.1) is 10.8 Å². The lowest BCUT2D eigenvalue weighted by Gasteiger charge is -2.38. The number of rotatable bonds is 5. The summed E-state index contributed by atoms with van der Waals surface area (Å²) in [5.41, 5.74) is 0.346. The standard InChI is InChI=1S/C13H18N2O5S/c16-13(17)10-4-5-11(15-6-1-7-21(15,18)19)12(14-10)20-8-9-2-3-9/h4-5,9,18-19H,1-3,6-8H2,(H,16,17). The number of pyridine rings is 1. The highest BCUT2D eigenvalue weighted by atomic mass is 32.3. The minimum Gasteiger partial charge on any atom is -0.477 e. The zero-order chi connectivity index (χ0) is 15.0. The van der Waals surface area contributed by atoms with Crippen LogP contribution in [0.15, 0.2) is 12.1 Å². The van der Waals surface area contributed by atoms with Crippen LogP contribution < -0.4 is 9.04 Å². The molecule has 2 heterocycles. The van der Waals surface area contributed by atoms with Gasteiger partial charge in [0.15, 0.2) is 5.69 Å². The number of hydrogen-bond donors (Lipinski definition) is 3. The fourth-order valence-corrected chi connectivity index (χ4v) is 3.88. The lowest BCUT2D eigenvalue weighted by atomic mass is 10.3. The lowest BCUT2D eigenvalue weighted by molar-refractivity contribution is 0.0689. The van der Waals surface area contributed by atoms with E-state index in [1.807, 2.05) is 0 Å². The Labute approximate surface area is 124 Å². The molecule has 2 aliphatic rings. The second-order valence-electron chi connectivity index (χ2n) is 5.37. The van der Waals surface area contributed by atoms with E-state index in [2.05, 4.69) is 4.98 Å². The Kier molecular flexibility index (Phi) is 3.68. The molecule has 116 valence electrons. The highest BCUT2D eigenvalue weighted by Crippen LogP contribution is 2.52. The Morgan fingerprint density at radius 1 is 1.43 bits per heavy atom. The van der Waals surface area contributed by atoms with Crippen molar-refractivity contribution in [3.05, 3.63) is 17.8 Å². The van der Waals surface area contributed by atoms with Crippen LogP contribution in [-0.2, 0) is 0 Å². The zero-order valence-electron chi connectivity index (χ0n) is 11.4. The number of carboxylic acid groups (broad SMARTS) is 1. The minimum absolute atomic E-state index is 0.111. The minimum atomic E-state index is -2.85. The maximum atomic E-state index is 11.0. The third-order valence-electron chi connectivity index (χ3n) is 3.61. The van der Waals surface area contributed by atoms with Gasteiger partial charge in [-0.05, 0) is 37.3 Å². The number of carboxylic acids is 1. The van der Waals surface area contributed by atoms with Gasteiger partial charge in [-0.1, -0.05) is 0 Å². The van der Waals surface area contributed by atoms with E-state index in [0.717, 1.165) is 12.8 Å². The third-order valence-corrected chi connectivity index (χ3v) is 5.53. The van der Waals surface area contributed by atoms with Gasteiger partial charge in [0.05, 0.1) is 12.4 Å². The van der Waals surface area contributed by atoms with Crippen LogP contribution in [0.3, 0.4) is 0 Å². The first kappa shape index (κ1) is 14.4. The van der Waals surface area contributed by atoms with Crippen LogP contribution in [0.5, 0.6) is 5.88 Å². The van der Waals surface area contributed by atoms with E-state index in [4.69, 9.17) is 9.84 Å². The molecule has 0 radical (unpaired) electrons. The molecule has 0 atom stereocenters. The second-order valence-corrected chi connectivity index (χ2v) is 7.49. The summed E-state index contributed by atoms with van der Waals surface area (Å²) in [7, 11) is -2.85. The average molecular weight is 314 g/mol. The normalized spacial score (nSPS) is 22.1. The van der Waals surface area contributed by atoms with Gasteiger partial charge in [0.25, 0.3) is 0 Å². The monoisotopic (exact) mass is 314 g/mol. The molecule has 21 heavy (non-hydrogen) atoms. The van der Waals surface area contributed by atoms with Gasteiger partial charge < -0.3 is 9.84 Å². The molecule has 0 aromatic carbocycles. The Hall–Kier alpha value is -1.51. The smallest absolute Gasteiger partial charge is 0.354 e. The van der Waals surface area contributed by atoms with Gasteiger partial charge in [-0.25, -0.2) is 9.78 Å². The fraction of sp³-hybridized carbons (Fsp3) is 0.538. The molecule has 0 unspecified atom stereocenters. The van der Waals surface area contributed by atoms with Crippen molar-refractivity contribution >= 4 is 22.4 Å². The summed E-state index contributed by atoms with van der Waals surface area (Å²) in [6.07, 6.45) is 2.88. The maximum absolute atomic E-state index is 11.0. The van der Waals surface area contributed by atoms with Crippen molar-refractivity contribution in [1.82, 2.24) is 4.98 Å². The van der Waals surface area contributed by atoms with Gasteiger partial charge in [0, 0.05) is 6.54 Å². The number of carbonyl (C=O) groups is 1. The summed E-state index contributed by atoms with van der Waals surface area (Å²) in [6.45, 7) is 0.978. The van der Waals surface area contributed by atoms with Crippen LogP contribution in [0.25, 0.3) is 0 Å². The summed E-state index contributed by atoms with van der Waals surface area (Å²) in [5, 5.41) is 9.03. The van der Waals surface area contributed by atoms with Crippen molar-refractivity contribution in [2.45, 2.75) is 19.3 Å². The molecule has 8 heteroatoms.